The Morgan fingerprint density at radius 1 is 1.42 bits per heavy atom. The van der Waals surface area contributed by atoms with E-state index in [1.54, 1.807) is 0 Å². The van der Waals surface area contributed by atoms with Crippen LogP contribution in [0.15, 0.2) is 0 Å². The minimum atomic E-state index is -0.993. The second-order valence-electron chi connectivity index (χ2n) is 4.86. The van der Waals surface area contributed by atoms with Crippen LogP contribution < -0.4 is 10.6 Å². The molecule has 1 rings (SSSR count). The van der Waals surface area contributed by atoms with Crippen molar-refractivity contribution in [1.29, 1.82) is 0 Å². The Hall–Kier alpha value is -1.30. The second kappa shape index (κ2) is 8.74. The molecule has 0 aromatic carbocycles. The maximum Gasteiger partial charge on any atom is 0.326 e. The van der Waals surface area contributed by atoms with Crippen LogP contribution >= 0.6 is 0 Å². The highest BCUT2D eigenvalue weighted by Gasteiger charge is 2.19. The van der Waals surface area contributed by atoms with Crippen molar-refractivity contribution in [2.24, 2.45) is 0 Å². The Labute approximate surface area is 113 Å². The van der Waals surface area contributed by atoms with Crippen molar-refractivity contribution in [2.75, 3.05) is 13.2 Å². The summed E-state index contributed by atoms with van der Waals surface area (Å²) in [5, 5.41) is 14.1. The Bertz CT molecular complexity index is 290. The van der Waals surface area contributed by atoms with Crippen molar-refractivity contribution < 1.29 is 19.4 Å². The molecule has 0 bridgehead atoms. The van der Waals surface area contributed by atoms with Gasteiger partial charge in [-0.25, -0.2) is 9.59 Å². The maximum atomic E-state index is 11.5. The van der Waals surface area contributed by atoms with E-state index in [4.69, 9.17) is 9.84 Å². The van der Waals surface area contributed by atoms with Crippen LogP contribution in [0.1, 0.15) is 45.4 Å². The fourth-order valence-corrected chi connectivity index (χ4v) is 2.14. The quantitative estimate of drug-likeness (QED) is 0.655. The summed E-state index contributed by atoms with van der Waals surface area (Å²) < 4.78 is 5.55. The van der Waals surface area contributed by atoms with E-state index >= 15 is 0 Å². The number of hydrogen-bond acceptors (Lipinski definition) is 3. The third-order valence-electron chi connectivity index (χ3n) is 3.21. The highest BCUT2D eigenvalue weighted by molar-refractivity contribution is 5.82. The zero-order chi connectivity index (χ0) is 14.1. The van der Waals surface area contributed by atoms with Crippen molar-refractivity contribution in [2.45, 2.75) is 57.6 Å². The Balaban J connectivity index is 2.17. The number of hydrogen-bond donors (Lipinski definition) is 3. The summed E-state index contributed by atoms with van der Waals surface area (Å²) in [5.41, 5.74) is 0. The SMILES string of the molecule is CCCC(NC(=O)NCCC1CCCCO1)C(=O)O. The van der Waals surface area contributed by atoms with Gasteiger partial charge in [-0.05, 0) is 32.1 Å². The molecule has 2 unspecified atom stereocenters. The number of ether oxygens (including phenoxy) is 1. The van der Waals surface area contributed by atoms with Crippen LogP contribution in [0.3, 0.4) is 0 Å². The monoisotopic (exact) mass is 272 g/mol. The van der Waals surface area contributed by atoms with Crippen molar-refractivity contribution >= 4 is 12.0 Å². The molecule has 2 amide bonds. The van der Waals surface area contributed by atoms with E-state index in [0.29, 0.717) is 19.4 Å². The second-order valence-corrected chi connectivity index (χ2v) is 4.86. The number of carboxylic acids is 1. The predicted octanol–water partition coefficient (Wildman–Crippen LogP) is 1.50. The predicted molar refractivity (Wildman–Crippen MR) is 71.1 cm³/mol. The van der Waals surface area contributed by atoms with E-state index in [0.717, 1.165) is 25.9 Å². The van der Waals surface area contributed by atoms with Gasteiger partial charge in [-0.15, -0.1) is 0 Å². The smallest absolute Gasteiger partial charge is 0.326 e. The molecular weight excluding hydrogens is 248 g/mol. The molecule has 0 aromatic rings. The number of carbonyl (C=O) groups excluding carboxylic acids is 1. The molecule has 19 heavy (non-hydrogen) atoms. The first-order valence-electron chi connectivity index (χ1n) is 7.02. The molecule has 0 saturated carbocycles. The third-order valence-corrected chi connectivity index (χ3v) is 3.21. The summed E-state index contributed by atoms with van der Waals surface area (Å²) in [5.74, 6) is -0.993. The Morgan fingerprint density at radius 3 is 2.79 bits per heavy atom. The molecule has 6 heteroatoms. The zero-order valence-electron chi connectivity index (χ0n) is 11.5. The summed E-state index contributed by atoms with van der Waals surface area (Å²) in [6.07, 6.45) is 5.48. The van der Waals surface area contributed by atoms with E-state index in [-0.39, 0.29) is 6.10 Å². The third kappa shape index (κ3) is 6.42. The van der Waals surface area contributed by atoms with Crippen LogP contribution in [0.4, 0.5) is 4.79 Å². The average Bonchev–Trinajstić information content (AvgIpc) is 2.39. The van der Waals surface area contributed by atoms with E-state index < -0.39 is 18.0 Å². The van der Waals surface area contributed by atoms with Crippen molar-refractivity contribution in [1.82, 2.24) is 10.6 Å². The fourth-order valence-electron chi connectivity index (χ4n) is 2.14. The van der Waals surface area contributed by atoms with Crippen LogP contribution in [-0.2, 0) is 9.53 Å². The van der Waals surface area contributed by atoms with Gasteiger partial charge in [0.25, 0.3) is 0 Å². The van der Waals surface area contributed by atoms with Gasteiger partial charge in [-0.2, -0.15) is 0 Å². The van der Waals surface area contributed by atoms with Crippen LogP contribution in [0.25, 0.3) is 0 Å². The van der Waals surface area contributed by atoms with Gasteiger partial charge >= 0.3 is 12.0 Å². The first-order chi connectivity index (χ1) is 9.13. The van der Waals surface area contributed by atoms with E-state index in [2.05, 4.69) is 10.6 Å². The van der Waals surface area contributed by atoms with E-state index in [1.165, 1.54) is 6.42 Å². The molecule has 1 aliphatic heterocycles. The van der Waals surface area contributed by atoms with Crippen molar-refractivity contribution in [3.63, 3.8) is 0 Å². The van der Waals surface area contributed by atoms with Crippen LogP contribution in [0.5, 0.6) is 0 Å². The van der Waals surface area contributed by atoms with Crippen LogP contribution in [-0.4, -0.2) is 42.4 Å². The molecule has 0 spiro atoms. The summed E-state index contributed by atoms with van der Waals surface area (Å²) in [6.45, 7) is 3.19. The first-order valence-corrected chi connectivity index (χ1v) is 7.02. The van der Waals surface area contributed by atoms with Gasteiger partial charge in [0, 0.05) is 13.2 Å². The number of amides is 2. The van der Waals surface area contributed by atoms with Gasteiger partial charge in [0.05, 0.1) is 6.10 Å². The molecule has 2 atom stereocenters. The molecule has 0 radical (unpaired) electrons. The number of urea groups is 1. The lowest BCUT2D eigenvalue weighted by atomic mass is 10.1. The lowest BCUT2D eigenvalue weighted by molar-refractivity contribution is -0.139. The van der Waals surface area contributed by atoms with Crippen molar-refractivity contribution in [3.05, 3.63) is 0 Å². The van der Waals surface area contributed by atoms with Crippen molar-refractivity contribution in [3.8, 4) is 0 Å². The molecule has 110 valence electrons. The van der Waals surface area contributed by atoms with Gasteiger partial charge in [-0.3, -0.25) is 0 Å². The summed E-state index contributed by atoms with van der Waals surface area (Å²) >= 11 is 0. The van der Waals surface area contributed by atoms with Gasteiger partial charge < -0.3 is 20.5 Å². The van der Waals surface area contributed by atoms with Gasteiger partial charge in [-0.1, -0.05) is 13.3 Å². The fraction of sp³-hybridized carbons (Fsp3) is 0.846. The number of nitrogens with one attached hydrogen (secondary N) is 2. The molecule has 3 N–H and O–H groups in total. The normalized spacial score (nSPS) is 20.6. The molecule has 0 aromatic heterocycles. The Kier molecular flexibility index (Phi) is 7.25. The van der Waals surface area contributed by atoms with Crippen LogP contribution in [0, 0.1) is 0 Å². The largest absolute Gasteiger partial charge is 0.480 e. The zero-order valence-corrected chi connectivity index (χ0v) is 11.5. The summed E-state index contributed by atoms with van der Waals surface area (Å²) in [6, 6.07) is -1.23. The molecule has 1 saturated heterocycles. The minimum absolute atomic E-state index is 0.222. The van der Waals surface area contributed by atoms with E-state index in [9.17, 15) is 9.59 Å². The number of aliphatic carboxylic acids is 1. The lowest BCUT2D eigenvalue weighted by Crippen LogP contribution is -2.46. The topological polar surface area (TPSA) is 87.7 Å². The van der Waals surface area contributed by atoms with Gasteiger partial charge in [0.1, 0.15) is 6.04 Å². The number of rotatable bonds is 7. The minimum Gasteiger partial charge on any atom is -0.480 e. The van der Waals surface area contributed by atoms with Gasteiger partial charge in [0.2, 0.25) is 0 Å². The molecule has 1 aliphatic rings. The average molecular weight is 272 g/mol. The number of carboxylic acid groups (broad SMARTS) is 1. The summed E-state index contributed by atoms with van der Waals surface area (Å²) in [4.78, 5) is 22.4. The van der Waals surface area contributed by atoms with Crippen LogP contribution in [0.2, 0.25) is 0 Å². The first kappa shape index (κ1) is 15.8. The molecule has 1 heterocycles. The summed E-state index contributed by atoms with van der Waals surface area (Å²) in [7, 11) is 0. The molecule has 0 aliphatic carbocycles. The standard InChI is InChI=1S/C13H24N2O4/c1-2-5-11(12(16)17)15-13(18)14-8-7-10-6-3-4-9-19-10/h10-11H,2-9H2,1H3,(H,16,17)(H2,14,15,18). The lowest BCUT2D eigenvalue weighted by Gasteiger charge is -2.22. The maximum absolute atomic E-state index is 11.5. The molecular formula is C13H24N2O4. The van der Waals surface area contributed by atoms with E-state index in [1.807, 2.05) is 6.92 Å². The highest BCUT2D eigenvalue weighted by atomic mass is 16.5. The van der Waals surface area contributed by atoms with Gasteiger partial charge in [0.15, 0.2) is 0 Å². The molecule has 6 nitrogen and oxygen atoms in total. The number of carbonyl (C=O) groups is 2. The highest BCUT2D eigenvalue weighted by Crippen LogP contribution is 2.14. The Morgan fingerprint density at radius 2 is 2.21 bits per heavy atom. The molecule has 1 fully saturated rings.